The van der Waals surface area contributed by atoms with Crippen LogP contribution in [0.1, 0.15) is 45.1 Å². The minimum Gasteiger partial charge on any atom is -0.478 e. The molecule has 0 saturated carbocycles. The van der Waals surface area contributed by atoms with Gasteiger partial charge >= 0.3 is 5.97 Å². The van der Waals surface area contributed by atoms with Crippen LogP contribution in [0.4, 0.5) is 0 Å². The molecule has 0 bridgehead atoms. The van der Waals surface area contributed by atoms with Gasteiger partial charge in [-0.15, -0.1) is 11.3 Å². The van der Waals surface area contributed by atoms with Gasteiger partial charge in [-0.2, -0.15) is 0 Å². The highest BCUT2D eigenvalue weighted by atomic mass is 32.1. The number of hydrogen-bond acceptors (Lipinski definition) is 4. The van der Waals surface area contributed by atoms with Gasteiger partial charge in [0.15, 0.2) is 0 Å². The molecule has 25 heavy (non-hydrogen) atoms. The van der Waals surface area contributed by atoms with E-state index in [0.717, 1.165) is 26.2 Å². The maximum absolute atomic E-state index is 11.0. The number of carboxylic acids is 1. The van der Waals surface area contributed by atoms with Gasteiger partial charge in [0, 0.05) is 24.5 Å². The van der Waals surface area contributed by atoms with Crippen LogP contribution in [0.25, 0.3) is 0 Å². The number of nitrogens with zero attached hydrogens (tertiary/aromatic N) is 2. The smallest absolute Gasteiger partial charge is 0.335 e. The Kier molecular flexibility index (Phi) is 5.89. The summed E-state index contributed by atoms with van der Waals surface area (Å²) < 4.78 is 0. The van der Waals surface area contributed by atoms with Crippen LogP contribution in [-0.4, -0.2) is 48.1 Å². The molecule has 5 heteroatoms. The summed E-state index contributed by atoms with van der Waals surface area (Å²) >= 11 is 1.85. The number of aromatic carboxylic acids is 1. The molecule has 1 atom stereocenters. The van der Waals surface area contributed by atoms with E-state index >= 15 is 0 Å². The molecule has 1 aromatic carbocycles. The molecule has 1 N–H and O–H groups in total. The van der Waals surface area contributed by atoms with E-state index < -0.39 is 5.97 Å². The van der Waals surface area contributed by atoms with E-state index in [9.17, 15) is 4.79 Å². The van der Waals surface area contributed by atoms with Gasteiger partial charge in [0.2, 0.25) is 0 Å². The first-order valence-corrected chi connectivity index (χ1v) is 9.66. The molecule has 2 heterocycles. The molecule has 4 nitrogen and oxygen atoms in total. The van der Waals surface area contributed by atoms with Crippen LogP contribution >= 0.6 is 11.3 Å². The fourth-order valence-electron chi connectivity index (χ4n) is 3.55. The number of carboxylic acid groups (broad SMARTS) is 1. The molecule has 0 amide bonds. The summed E-state index contributed by atoms with van der Waals surface area (Å²) in [5.74, 6) is -0.360. The van der Waals surface area contributed by atoms with Crippen LogP contribution in [0, 0.1) is 0 Å². The van der Waals surface area contributed by atoms with Crippen molar-refractivity contribution in [1.29, 1.82) is 0 Å². The average Bonchev–Trinajstić information content (AvgIpc) is 3.01. The first-order chi connectivity index (χ1) is 12.0. The van der Waals surface area contributed by atoms with Gasteiger partial charge in [-0.05, 0) is 74.1 Å². The zero-order valence-corrected chi connectivity index (χ0v) is 15.8. The molecule has 1 aliphatic heterocycles. The third-order valence-electron chi connectivity index (χ3n) is 4.72. The van der Waals surface area contributed by atoms with Crippen LogP contribution in [0.3, 0.4) is 0 Å². The lowest BCUT2D eigenvalue weighted by atomic mass is 9.90. The highest BCUT2D eigenvalue weighted by Gasteiger charge is 2.22. The molecule has 0 unspecified atom stereocenters. The Bertz CT molecular complexity index is 709. The van der Waals surface area contributed by atoms with Crippen molar-refractivity contribution in [1.82, 2.24) is 9.80 Å². The van der Waals surface area contributed by atoms with Gasteiger partial charge < -0.3 is 10.0 Å². The first-order valence-electron chi connectivity index (χ1n) is 8.78. The third kappa shape index (κ3) is 4.91. The summed E-state index contributed by atoms with van der Waals surface area (Å²) in [5.41, 5.74) is 3.01. The second-order valence-corrected chi connectivity index (χ2v) is 8.16. The number of likely N-dealkylation sites (tertiary alicyclic amines) is 1. The fourth-order valence-corrected chi connectivity index (χ4v) is 4.47. The van der Waals surface area contributed by atoms with Crippen LogP contribution in [0.15, 0.2) is 35.7 Å². The van der Waals surface area contributed by atoms with Gasteiger partial charge in [-0.25, -0.2) is 4.79 Å². The second-order valence-electron chi connectivity index (χ2n) is 7.16. The van der Waals surface area contributed by atoms with Crippen molar-refractivity contribution in [3.05, 3.63) is 57.3 Å². The standard InChI is InChI=1S/C20H26N2O2S/c1-21(2)11-15-10-19(25-14-15)13-22-9-3-4-18(12-22)16-5-7-17(8-6-16)20(23)24/h5-8,10,14,18H,3-4,9,11-13H2,1-2H3,(H,23,24)/t18-/m0/s1. The molecule has 134 valence electrons. The SMILES string of the molecule is CN(C)Cc1csc(CN2CCC[C@H](c3ccc(C(=O)O)cc3)C2)c1. The summed E-state index contributed by atoms with van der Waals surface area (Å²) in [6.45, 7) is 4.20. The summed E-state index contributed by atoms with van der Waals surface area (Å²) in [7, 11) is 4.20. The molecule has 1 fully saturated rings. The zero-order valence-electron chi connectivity index (χ0n) is 14.9. The third-order valence-corrected chi connectivity index (χ3v) is 5.69. The molecule has 3 rings (SSSR count). The van der Waals surface area contributed by atoms with Gasteiger partial charge in [0.25, 0.3) is 0 Å². The second kappa shape index (κ2) is 8.13. The molecule has 1 aromatic heterocycles. The van der Waals surface area contributed by atoms with Crippen molar-refractivity contribution >= 4 is 17.3 Å². The Labute approximate surface area is 153 Å². The summed E-state index contributed by atoms with van der Waals surface area (Å²) in [5, 5.41) is 11.3. The Balaban J connectivity index is 1.61. The number of rotatable bonds is 6. The molecule has 2 aromatic rings. The molecule has 1 saturated heterocycles. The number of benzene rings is 1. The normalized spacial score (nSPS) is 18.6. The fraction of sp³-hybridized carbons (Fsp3) is 0.450. The Morgan fingerprint density at radius 3 is 2.76 bits per heavy atom. The van der Waals surface area contributed by atoms with Crippen molar-refractivity contribution in [3.8, 4) is 0 Å². The van der Waals surface area contributed by atoms with E-state index in [-0.39, 0.29) is 0 Å². The molecule has 1 aliphatic rings. The van der Waals surface area contributed by atoms with Crippen molar-refractivity contribution in [2.75, 3.05) is 27.2 Å². The summed E-state index contributed by atoms with van der Waals surface area (Å²) in [6.07, 6.45) is 2.38. The summed E-state index contributed by atoms with van der Waals surface area (Å²) in [6, 6.07) is 9.75. The van der Waals surface area contributed by atoms with E-state index in [1.165, 1.54) is 28.8 Å². The van der Waals surface area contributed by atoms with Gasteiger partial charge in [-0.1, -0.05) is 12.1 Å². The molecule has 0 aliphatic carbocycles. The maximum atomic E-state index is 11.0. The van der Waals surface area contributed by atoms with Crippen LogP contribution < -0.4 is 0 Å². The maximum Gasteiger partial charge on any atom is 0.335 e. The highest BCUT2D eigenvalue weighted by molar-refractivity contribution is 7.10. The molecule has 0 radical (unpaired) electrons. The quantitative estimate of drug-likeness (QED) is 0.851. The van der Waals surface area contributed by atoms with E-state index in [2.05, 4.69) is 35.3 Å². The van der Waals surface area contributed by atoms with E-state index in [1.807, 2.05) is 23.5 Å². The molecule has 0 spiro atoms. The predicted octanol–water partition coefficient (Wildman–Crippen LogP) is 3.89. The zero-order chi connectivity index (χ0) is 17.8. The van der Waals surface area contributed by atoms with Crippen molar-refractivity contribution in [2.45, 2.75) is 31.8 Å². The topological polar surface area (TPSA) is 43.8 Å². The highest BCUT2D eigenvalue weighted by Crippen LogP contribution is 2.29. The Morgan fingerprint density at radius 1 is 1.32 bits per heavy atom. The Morgan fingerprint density at radius 2 is 2.08 bits per heavy atom. The van der Waals surface area contributed by atoms with Crippen molar-refractivity contribution in [2.24, 2.45) is 0 Å². The van der Waals surface area contributed by atoms with Crippen molar-refractivity contribution in [3.63, 3.8) is 0 Å². The van der Waals surface area contributed by atoms with E-state index in [4.69, 9.17) is 5.11 Å². The van der Waals surface area contributed by atoms with Gasteiger partial charge in [0.05, 0.1) is 5.56 Å². The first kappa shape index (κ1) is 18.1. The molecular weight excluding hydrogens is 332 g/mol. The van der Waals surface area contributed by atoms with E-state index in [0.29, 0.717) is 11.5 Å². The average molecular weight is 359 g/mol. The lowest BCUT2D eigenvalue weighted by Crippen LogP contribution is -2.33. The number of piperidine rings is 1. The van der Waals surface area contributed by atoms with Crippen molar-refractivity contribution < 1.29 is 9.90 Å². The van der Waals surface area contributed by atoms with E-state index in [1.54, 1.807) is 12.1 Å². The monoisotopic (exact) mass is 358 g/mol. The number of carbonyl (C=O) groups is 1. The minimum absolute atomic E-state index is 0.364. The number of thiophene rings is 1. The number of hydrogen-bond donors (Lipinski definition) is 1. The molecular formula is C20H26N2O2S. The van der Waals surface area contributed by atoms with Crippen LogP contribution in [0.5, 0.6) is 0 Å². The lowest BCUT2D eigenvalue weighted by Gasteiger charge is -2.32. The minimum atomic E-state index is -0.858. The van der Waals surface area contributed by atoms with Gasteiger partial charge in [-0.3, -0.25) is 4.90 Å². The van der Waals surface area contributed by atoms with Crippen LogP contribution in [0.2, 0.25) is 0 Å². The van der Waals surface area contributed by atoms with Crippen LogP contribution in [-0.2, 0) is 13.1 Å². The lowest BCUT2D eigenvalue weighted by molar-refractivity contribution is 0.0697. The summed E-state index contributed by atoms with van der Waals surface area (Å²) in [4.78, 5) is 17.2. The predicted molar refractivity (Wildman–Crippen MR) is 102 cm³/mol. The van der Waals surface area contributed by atoms with Gasteiger partial charge in [0.1, 0.15) is 0 Å². The largest absolute Gasteiger partial charge is 0.478 e. The Hall–Kier alpha value is -1.69.